The van der Waals surface area contributed by atoms with E-state index in [-0.39, 0.29) is 5.41 Å². The molecule has 9 rings (SSSR count). The van der Waals surface area contributed by atoms with E-state index in [0.29, 0.717) is 0 Å². The second kappa shape index (κ2) is 9.78. The number of hydrogen-bond acceptors (Lipinski definition) is 0. The molecule has 0 spiro atoms. The Kier molecular flexibility index (Phi) is 5.64. The van der Waals surface area contributed by atoms with Crippen molar-refractivity contribution in [1.82, 2.24) is 0 Å². The molecule has 0 saturated carbocycles. The lowest BCUT2D eigenvalue weighted by molar-refractivity contribution is 0.661. The highest BCUT2D eigenvalue weighted by atomic mass is 14.4. The van der Waals surface area contributed by atoms with E-state index in [4.69, 9.17) is 0 Å². The van der Waals surface area contributed by atoms with Crippen molar-refractivity contribution in [3.63, 3.8) is 0 Å². The molecular formula is C45H32. The molecule has 0 atom stereocenters. The molecule has 8 aromatic carbocycles. The van der Waals surface area contributed by atoms with Crippen LogP contribution in [-0.4, -0.2) is 0 Å². The minimum Gasteiger partial charge on any atom is -0.0622 e. The first kappa shape index (κ1) is 26.0. The normalized spacial score (nSPS) is 13.3. The zero-order valence-electron chi connectivity index (χ0n) is 25.5. The van der Waals surface area contributed by atoms with Gasteiger partial charge in [0, 0.05) is 5.41 Å². The molecule has 0 heteroatoms. The summed E-state index contributed by atoms with van der Waals surface area (Å²) in [7, 11) is 0. The van der Waals surface area contributed by atoms with E-state index in [0.717, 1.165) is 0 Å². The quantitative estimate of drug-likeness (QED) is 0.185. The second-order valence-corrected chi connectivity index (χ2v) is 12.8. The summed E-state index contributed by atoms with van der Waals surface area (Å²) in [5, 5.41) is 7.77. The van der Waals surface area contributed by atoms with E-state index in [2.05, 4.69) is 172 Å². The van der Waals surface area contributed by atoms with Crippen LogP contribution in [0.25, 0.3) is 76.8 Å². The van der Waals surface area contributed by atoms with Crippen molar-refractivity contribution in [1.29, 1.82) is 0 Å². The van der Waals surface area contributed by atoms with Crippen LogP contribution in [0.5, 0.6) is 0 Å². The molecule has 45 heavy (non-hydrogen) atoms. The van der Waals surface area contributed by atoms with Gasteiger partial charge in [-0.1, -0.05) is 172 Å². The average Bonchev–Trinajstić information content (AvgIpc) is 3.34. The van der Waals surface area contributed by atoms with Gasteiger partial charge in [0.15, 0.2) is 0 Å². The summed E-state index contributed by atoms with van der Waals surface area (Å²) in [5.74, 6) is 0. The fourth-order valence-corrected chi connectivity index (χ4v) is 7.95. The van der Waals surface area contributed by atoms with Crippen molar-refractivity contribution in [3.05, 3.63) is 169 Å². The first-order valence-corrected chi connectivity index (χ1v) is 15.9. The first-order valence-electron chi connectivity index (χ1n) is 15.9. The summed E-state index contributed by atoms with van der Waals surface area (Å²) < 4.78 is 0. The van der Waals surface area contributed by atoms with Crippen LogP contribution >= 0.6 is 0 Å². The summed E-state index contributed by atoms with van der Waals surface area (Å²) >= 11 is 0. The molecule has 0 aliphatic heterocycles. The molecule has 0 heterocycles. The van der Waals surface area contributed by atoms with Crippen LogP contribution in [0.2, 0.25) is 0 Å². The Bertz CT molecular complexity index is 2420. The lowest BCUT2D eigenvalue weighted by Gasteiger charge is -2.24. The van der Waals surface area contributed by atoms with Gasteiger partial charge in [-0.2, -0.15) is 0 Å². The molecule has 0 unspecified atom stereocenters. The predicted octanol–water partition coefficient (Wildman–Crippen LogP) is 12.5. The summed E-state index contributed by atoms with van der Waals surface area (Å²) in [5.41, 5.74) is 13.1. The molecule has 0 fully saturated rings. The molecule has 8 aromatic rings. The molecule has 0 saturated heterocycles. The van der Waals surface area contributed by atoms with Crippen LogP contribution in [-0.2, 0) is 5.41 Å². The highest BCUT2D eigenvalue weighted by molar-refractivity contribution is 6.27. The van der Waals surface area contributed by atoms with Crippen molar-refractivity contribution >= 4 is 32.3 Å². The van der Waals surface area contributed by atoms with Crippen molar-refractivity contribution in [3.8, 4) is 44.5 Å². The summed E-state index contributed by atoms with van der Waals surface area (Å²) in [4.78, 5) is 0. The molecule has 0 bridgehead atoms. The summed E-state index contributed by atoms with van der Waals surface area (Å²) in [6, 6.07) is 58.3. The fraction of sp³-hybridized carbons (Fsp3) is 0.0667. The van der Waals surface area contributed by atoms with E-state index in [9.17, 15) is 0 Å². The smallest absolute Gasteiger partial charge is 0.0159 e. The van der Waals surface area contributed by atoms with Crippen LogP contribution in [0, 0.1) is 0 Å². The molecule has 0 radical (unpaired) electrons. The van der Waals surface area contributed by atoms with Gasteiger partial charge in [0.2, 0.25) is 0 Å². The fourth-order valence-electron chi connectivity index (χ4n) is 7.95. The van der Waals surface area contributed by atoms with Crippen molar-refractivity contribution < 1.29 is 0 Å². The van der Waals surface area contributed by atoms with Gasteiger partial charge in [0.1, 0.15) is 0 Å². The summed E-state index contributed by atoms with van der Waals surface area (Å²) in [6.45, 7) is 4.76. The molecule has 0 nitrogen and oxygen atoms in total. The van der Waals surface area contributed by atoms with E-state index in [1.54, 1.807) is 0 Å². The Morgan fingerprint density at radius 1 is 0.333 bits per heavy atom. The van der Waals surface area contributed by atoms with Gasteiger partial charge in [-0.25, -0.2) is 0 Å². The van der Waals surface area contributed by atoms with Crippen LogP contribution < -0.4 is 0 Å². The van der Waals surface area contributed by atoms with Gasteiger partial charge in [-0.3, -0.25) is 0 Å². The monoisotopic (exact) mass is 572 g/mol. The predicted molar refractivity (Wildman–Crippen MR) is 193 cm³/mol. The van der Waals surface area contributed by atoms with Gasteiger partial charge in [0.25, 0.3) is 0 Å². The maximum atomic E-state index is 2.41. The lowest BCUT2D eigenvalue weighted by Crippen LogP contribution is -2.14. The molecule has 0 aromatic heterocycles. The van der Waals surface area contributed by atoms with Gasteiger partial charge >= 0.3 is 0 Å². The Hall–Kier alpha value is -5.46. The Balaban J connectivity index is 1.46. The van der Waals surface area contributed by atoms with Gasteiger partial charge < -0.3 is 0 Å². The van der Waals surface area contributed by atoms with E-state index in [1.165, 1.54) is 88.0 Å². The third-order valence-corrected chi connectivity index (χ3v) is 10.1. The third-order valence-electron chi connectivity index (χ3n) is 10.1. The number of rotatable bonds is 3. The minimum atomic E-state index is -0.0835. The van der Waals surface area contributed by atoms with E-state index < -0.39 is 0 Å². The molecule has 212 valence electrons. The van der Waals surface area contributed by atoms with Crippen LogP contribution in [0.15, 0.2) is 158 Å². The Morgan fingerprint density at radius 2 is 0.911 bits per heavy atom. The number of hydrogen-bond donors (Lipinski definition) is 0. The zero-order chi connectivity index (χ0) is 30.1. The van der Waals surface area contributed by atoms with Crippen LogP contribution in [0.3, 0.4) is 0 Å². The largest absolute Gasteiger partial charge is 0.0622 e. The molecule has 0 amide bonds. The van der Waals surface area contributed by atoms with Gasteiger partial charge in [-0.15, -0.1) is 0 Å². The standard InChI is InChI=1S/C45H32/c1-45(2)39-22-11-10-20-37(39)43-40(45)28-27-38-42(34-21-12-16-31-15-6-7-17-33(31)34)36-19-9-8-18-35(36)41(44(38)43)32-25-23-30(24-26-32)29-13-4-3-5-14-29/h3-28H,1-2H3. The van der Waals surface area contributed by atoms with Crippen LogP contribution in [0.4, 0.5) is 0 Å². The molecule has 1 aliphatic rings. The average molecular weight is 573 g/mol. The second-order valence-electron chi connectivity index (χ2n) is 12.8. The highest BCUT2D eigenvalue weighted by Crippen LogP contribution is 2.56. The Morgan fingerprint density at radius 3 is 1.71 bits per heavy atom. The molecule has 0 N–H and O–H groups in total. The third kappa shape index (κ3) is 3.79. The Labute approximate surface area is 264 Å². The zero-order valence-corrected chi connectivity index (χ0v) is 25.5. The minimum absolute atomic E-state index is 0.0835. The van der Waals surface area contributed by atoms with Gasteiger partial charge in [-0.05, 0) is 88.0 Å². The van der Waals surface area contributed by atoms with Crippen molar-refractivity contribution in [2.45, 2.75) is 19.3 Å². The van der Waals surface area contributed by atoms with Crippen molar-refractivity contribution in [2.75, 3.05) is 0 Å². The maximum Gasteiger partial charge on any atom is 0.0159 e. The van der Waals surface area contributed by atoms with E-state index in [1.807, 2.05) is 0 Å². The molecular weight excluding hydrogens is 540 g/mol. The van der Waals surface area contributed by atoms with E-state index >= 15 is 0 Å². The topological polar surface area (TPSA) is 0 Å². The number of benzene rings is 8. The number of fused-ring (bicyclic) bond motifs is 7. The lowest BCUT2D eigenvalue weighted by atomic mass is 9.79. The maximum absolute atomic E-state index is 2.41. The van der Waals surface area contributed by atoms with Crippen molar-refractivity contribution in [2.24, 2.45) is 0 Å². The SMILES string of the molecule is CC1(C)c2ccccc2-c2c1ccc1c(-c3cccc4ccccc34)c3ccccc3c(-c3ccc(-c4ccccc4)cc3)c21. The molecule has 1 aliphatic carbocycles. The summed E-state index contributed by atoms with van der Waals surface area (Å²) in [6.07, 6.45) is 0. The first-order chi connectivity index (χ1) is 22.1. The van der Waals surface area contributed by atoms with Crippen LogP contribution in [0.1, 0.15) is 25.0 Å². The van der Waals surface area contributed by atoms with Gasteiger partial charge in [0.05, 0.1) is 0 Å². The highest BCUT2D eigenvalue weighted by Gasteiger charge is 2.37.